The third-order valence-corrected chi connectivity index (χ3v) is 4.14. The first kappa shape index (κ1) is 16.8. The smallest absolute Gasteiger partial charge is 0.363 e. The number of nitrogens with zero attached hydrogens (tertiary/aromatic N) is 1. The van der Waals surface area contributed by atoms with Gasteiger partial charge in [-0.2, -0.15) is 0 Å². The molecule has 0 saturated carbocycles. The lowest BCUT2D eigenvalue weighted by Gasteiger charge is -2.09. The molecule has 2 N–H and O–H groups in total. The highest BCUT2D eigenvalue weighted by atomic mass is 32.1. The van der Waals surface area contributed by atoms with Crippen molar-refractivity contribution in [3.63, 3.8) is 0 Å². The Labute approximate surface area is 157 Å². The molecular formula is C19H11N3O4S. The second-order valence-corrected chi connectivity index (χ2v) is 6.08. The Bertz CT molecular complexity index is 1200. The standard InChI is InChI=1S/C19H11N3O4S/c23-16(10-6-2-1-3-7-10)13(14-17(24)22-19(27)21-14)15-18(25)26-12-9-5-4-8-11(12)20-15/h1-9H,(H2,21,22,24,27)/b14-13+. The van der Waals surface area contributed by atoms with Gasteiger partial charge in [-0.1, -0.05) is 42.5 Å². The number of benzene rings is 2. The number of thiocarbonyl (C=S) groups is 1. The van der Waals surface area contributed by atoms with Crippen LogP contribution in [0.25, 0.3) is 16.7 Å². The first-order chi connectivity index (χ1) is 13.0. The van der Waals surface area contributed by atoms with E-state index in [1.165, 1.54) is 0 Å². The van der Waals surface area contributed by atoms with E-state index in [1.807, 2.05) is 0 Å². The Hall–Kier alpha value is -3.65. The van der Waals surface area contributed by atoms with Crippen LogP contribution in [0.4, 0.5) is 0 Å². The molecule has 1 aliphatic rings. The lowest BCUT2D eigenvalue weighted by molar-refractivity contribution is -0.115. The molecule has 0 aliphatic carbocycles. The van der Waals surface area contributed by atoms with Gasteiger partial charge in [0.15, 0.2) is 22.2 Å². The fraction of sp³-hybridized carbons (Fsp3) is 0. The predicted molar refractivity (Wildman–Crippen MR) is 102 cm³/mol. The number of rotatable bonds is 3. The largest absolute Gasteiger partial charge is 0.419 e. The molecule has 0 spiro atoms. The van der Waals surface area contributed by atoms with Gasteiger partial charge in [0.05, 0.1) is 5.57 Å². The van der Waals surface area contributed by atoms with Crippen LogP contribution in [0.3, 0.4) is 0 Å². The van der Waals surface area contributed by atoms with Crippen LogP contribution in [-0.2, 0) is 4.79 Å². The number of nitrogens with one attached hydrogen (secondary N) is 2. The first-order valence-corrected chi connectivity index (χ1v) is 8.32. The van der Waals surface area contributed by atoms with E-state index in [2.05, 4.69) is 15.6 Å². The second-order valence-electron chi connectivity index (χ2n) is 5.67. The Morgan fingerprint density at radius 3 is 2.37 bits per heavy atom. The number of fused-ring (bicyclic) bond motifs is 1. The molecule has 1 aromatic heterocycles. The Morgan fingerprint density at radius 1 is 0.963 bits per heavy atom. The Balaban J connectivity index is 2.00. The topological polar surface area (TPSA) is 101 Å². The number of amides is 1. The number of Topliss-reactive ketones (excluding diaryl/α,β-unsaturated/α-hetero) is 1. The zero-order chi connectivity index (χ0) is 19.0. The molecular weight excluding hydrogens is 366 g/mol. The van der Waals surface area contributed by atoms with Crippen molar-refractivity contribution in [3.05, 3.63) is 82.0 Å². The zero-order valence-electron chi connectivity index (χ0n) is 13.7. The van der Waals surface area contributed by atoms with E-state index in [1.54, 1.807) is 54.6 Å². The molecule has 27 heavy (non-hydrogen) atoms. The molecule has 1 aliphatic heterocycles. The maximum absolute atomic E-state index is 13.1. The molecule has 0 radical (unpaired) electrons. The Kier molecular flexibility index (Phi) is 4.09. The van der Waals surface area contributed by atoms with Crippen molar-refractivity contribution in [2.45, 2.75) is 0 Å². The summed E-state index contributed by atoms with van der Waals surface area (Å²) in [7, 11) is 0. The van der Waals surface area contributed by atoms with E-state index >= 15 is 0 Å². The van der Waals surface area contributed by atoms with Gasteiger partial charge in [0.1, 0.15) is 11.2 Å². The third-order valence-electron chi connectivity index (χ3n) is 3.94. The zero-order valence-corrected chi connectivity index (χ0v) is 14.5. The fourth-order valence-electron chi connectivity index (χ4n) is 2.72. The number of allylic oxidation sites excluding steroid dienone is 1. The molecule has 3 aromatic rings. The summed E-state index contributed by atoms with van der Waals surface area (Å²) in [5.74, 6) is -1.17. The highest BCUT2D eigenvalue weighted by Crippen LogP contribution is 2.22. The quantitative estimate of drug-likeness (QED) is 0.408. The maximum atomic E-state index is 13.1. The van der Waals surface area contributed by atoms with Crippen LogP contribution in [0.15, 0.2) is 69.5 Å². The fourth-order valence-corrected chi connectivity index (χ4v) is 2.92. The summed E-state index contributed by atoms with van der Waals surface area (Å²) in [6.07, 6.45) is 0. The van der Waals surface area contributed by atoms with Gasteiger partial charge in [-0.3, -0.25) is 14.9 Å². The molecule has 1 saturated heterocycles. The van der Waals surface area contributed by atoms with Crippen molar-refractivity contribution >= 4 is 45.7 Å². The molecule has 7 nitrogen and oxygen atoms in total. The number of para-hydroxylation sites is 2. The van der Waals surface area contributed by atoms with E-state index in [-0.39, 0.29) is 27.7 Å². The van der Waals surface area contributed by atoms with Crippen molar-refractivity contribution in [3.8, 4) is 0 Å². The van der Waals surface area contributed by atoms with Gasteiger partial charge in [-0.05, 0) is 24.4 Å². The average Bonchev–Trinajstić information content (AvgIpc) is 3.01. The van der Waals surface area contributed by atoms with Gasteiger partial charge in [0.2, 0.25) is 0 Å². The average molecular weight is 377 g/mol. The Morgan fingerprint density at radius 2 is 1.67 bits per heavy atom. The summed E-state index contributed by atoms with van der Waals surface area (Å²) >= 11 is 4.94. The van der Waals surface area contributed by atoms with Crippen LogP contribution < -0.4 is 16.3 Å². The van der Waals surface area contributed by atoms with Gasteiger partial charge in [-0.15, -0.1) is 0 Å². The summed E-state index contributed by atoms with van der Waals surface area (Å²) in [6, 6.07) is 14.9. The van der Waals surface area contributed by atoms with E-state index in [9.17, 15) is 14.4 Å². The minimum Gasteiger partial charge on any atom is -0.419 e. The summed E-state index contributed by atoms with van der Waals surface area (Å²) < 4.78 is 5.28. The van der Waals surface area contributed by atoms with Gasteiger partial charge in [0.25, 0.3) is 5.91 Å². The number of hydrogen-bond donors (Lipinski definition) is 2. The van der Waals surface area contributed by atoms with Gasteiger partial charge in [-0.25, -0.2) is 9.78 Å². The highest BCUT2D eigenvalue weighted by molar-refractivity contribution is 7.80. The van der Waals surface area contributed by atoms with Crippen molar-refractivity contribution in [1.29, 1.82) is 0 Å². The summed E-state index contributed by atoms with van der Waals surface area (Å²) in [5.41, 5.74) is -0.462. The van der Waals surface area contributed by atoms with Crippen molar-refractivity contribution in [2.75, 3.05) is 0 Å². The van der Waals surface area contributed by atoms with Crippen LogP contribution in [0, 0.1) is 0 Å². The molecule has 4 rings (SSSR count). The predicted octanol–water partition coefficient (Wildman–Crippen LogP) is 1.79. The van der Waals surface area contributed by atoms with Gasteiger partial charge in [0, 0.05) is 5.56 Å². The molecule has 2 heterocycles. The molecule has 1 fully saturated rings. The van der Waals surface area contributed by atoms with Crippen molar-refractivity contribution in [2.24, 2.45) is 0 Å². The highest BCUT2D eigenvalue weighted by Gasteiger charge is 2.32. The van der Waals surface area contributed by atoms with E-state index in [0.29, 0.717) is 11.1 Å². The lowest BCUT2D eigenvalue weighted by Crippen LogP contribution is -2.22. The SMILES string of the molecule is O=C1NC(=S)N/C1=C(/C(=O)c1ccccc1)c1nc2ccccc2oc1=O. The maximum Gasteiger partial charge on any atom is 0.363 e. The second kappa shape index (κ2) is 6.58. The van der Waals surface area contributed by atoms with Gasteiger partial charge >= 0.3 is 5.63 Å². The van der Waals surface area contributed by atoms with Crippen LogP contribution in [0.5, 0.6) is 0 Å². The lowest BCUT2D eigenvalue weighted by atomic mass is 9.98. The molecule has 0 atom stereocenters. The van der Waals surface area contributed by atoms with Crippen LogP contribution >= 0.6 is 12.2 Å². The number of carbonyl (C=O) groups excluding carboxylic acids is 2. The monoisotopic (exact) mass is 377 g/mol. The number of carbonyl (C=O) groups is 2. The van der Waals surface area contributed by atoms with Gasteiger partial charge < -0.3 is 9.73 Å². The van der Waals surface area contributed by atoms with Crippen molar-refractivity contribution in [1.82, 2.24) is 15.6 Å². The minimum absolute atomic E-state index is 0.0403. The molecule has 132 valence electrons. The summed E-state index contributed by atoms with van der Waals surface area (Å²) in [5, 5.41) is 5.07. The minimum atomic E-state index is -0.826. The molecule has 2 aromatic carbocycles. The van der Waals surface area contributed by atoms with Crippen molar-refractivity contribution < 1.29 is 14.0 Å². The number of ketones is 1. The normalized spacial score (nSPS) is 15.4. The number of aromatic nitrogens is 1. The van der Waals surface area contributed by atoms with Crippen LogP contribution in [0.1, 0.15) is 16.1 Å². The first-order valence-electron chi connectivity index (χ1n) is 7.91. The molecule has 0 unspecified atom stereocenters. The van der Waals surface area contributed by atoms with Crippen LogP contribution in [0.2, 0.25) is 0 Å². The molecule has 0 bridgehead atoms. The molecule has 1 amide bonds. The summed E-state index contributed by atoms with van der Waals surface area (Å²) in [6.45, 7) is 0. The number of hydrogen-bond acceptors (Lipinski definition) is 6. The van der Waals surface area contributed by atoms with Crippen LogP contribution in [-0.4, -0.2) is 21.8 Å². The third kappa shape index (κ3) is 3.02. The summed E-state index contributed by atoms with van der Waals surface area (Å²) in [4.78, 5) is 42.2. The van der Waals surface area contributed by atoms with E-state index < -0.39 is 17.3 Å². The molecule has 8 heteroatoms. The van der Waals surface area contributed by atoms with E-state index in [0.717, 1.165) is 0 Å². The van der Waals surface area contributed by atoms with E-state index in [4.69, 9.17) is 16.6 Å².